The third-order valence-corrected chi connectivity index (χ3v) is 1.36. The van der Waals surface area contributed by atoms with Crippen molar-refractivity contribution in [1.82, 2.24) is 0 Å². The zero-order valence-corrected chi connectivity index (χ0v) is 10.8. The minimum absolute atomic E-state index is 0. The summed E-state index contributed by atoms with van der Waals surface area (Å²) in [4.78, 5) is 39.4. The fourth-order valence-electron chi connectivity index (χ4n) is 0.556. The van der Waals surface area contributed by atoms with E-state index in [1.165, 1.54) is 13.8 Å². The van der Waals surface area contributed by atoms with Crippen molar-refractivity contribution >= 4 is 23.5 Å². The van der Waals surface area contributed by atoms with E-state index in [0.29, 0.717) is 0 Å². The van der Waals surface area contributed by atoms with Gasteiger partial charge in [0, 0.05) is 24.8 Å². The number of carbonyl (C=O) groups excluding carboxylic acids is 4. The molecular weight excluding hydrogens is 271 g/mol. The van der Waals surface area contributed by atoms with Crippen LogP contribution in [-0.4, -0.2) is 23.5 Å². The summed E-state index contributed by atoms with van der Waals surface area (Å²) in [5.74, 6) is -2.57. The summed E-state index contributed by atoms with van der Waals surface area (Å²) in [6.07, 6.45) is -0.144. The van der Waals surface area contributed by atoms with Crippen LogP contribution in [0.3, 0.4) is 0 Å². The van der Waals surface area contributed by atoms with Crippen molar-refractivity contribution in [3.05, 3.63) is 0 Å². The quantitative estimate of drug-likeness (QED) is 0.532. The minimum atomic E-state index is -1.17. The van der Waals surface area contributed by atoms with Crippen LogP contribution in [0.2, 0.25) is 0 Å². The predicted octanol–water partition coefficient (Wildman–Crippen LogP) is -1.79. The number of Topliss-reactive ketones (excluding diaryl/α,β-unsaturated/α-hetero) is 2. The molecule has 0 unspecified atom stereocenters. The maximum atomic E-state index is 10.1. The molecule has 1 radical (unpaired) electrons. The topological polar surface area (TPSA) is 114 Å². The van der Waals surface area contributed by atoms with Gasteiger partial charge in [0.15, 0.2) is 0 Å². The van der Waals surface area contributed by atoms with Crippen LogP contribution in [0.15, 0.2) is 0 Å². The molecule has 0 saturated carbocycles. The molecule has 0 aliphatic carbocycles. The molecule has 0 spiro atoms. The van der Waals surface area contributed by atoms with Crippen LogP contribution < -0.4 is 10.2 Å². The van der Waals surface area contributed by atoms with E-state index in [4.69, 9.17) is 0 Å². The molecule has 6 nitrogen and oxygen atoms in total. The van der Waals surface area contributed by atoms with Gasteiger partial charge < -0.3 is 29.4 Å². The van der Waals surface area contributed by atoms with Gasteiger partial charge in [-0.15, -0.1) is 0 Å². The van der Waals surface area contributed by atoms with Crippen molar-refractivity contribution in [2.75, 3.05) is 0 Å². The molecule has 0 aliphatic heterocycles. The average molecular weight is 285 g/mol. The van der Waals surface area contributed by atoms with Crippen LogP contribution in [0.4, 0.5) is 0 Å². The van der Waals surface area contributed by atoms with E-state index in [1.54, 1.807) is 0 Å². The second-order valence-corrected chi connectivity index (χ2v) is 3.15. The fraction of sp³-hybridized carbons (Fsp3) is 0.600. The van der Waals surface area contributed by atoms with Gasteiger partial charge in [-0.2, -0.15) is 0 Å². The van der Waals surface area contributed by atoms with Crippen LogP contribution in [0.25, 0.3) is 0 Å². The monoisotopic (exact) mass is 285 g/mol. The van der Waals surface area contributed by atoms with E-state index < -0.39 is 11.9 Å². The number of carboxylic acids is 2. The Hall–Kier alpha value is -1.20. The number of hydrogen-bond donors (Lipinski definition) is 0. The summed E-state index contributed by atoms with van der Waals surface area (Å²) >= 11 is 0. The average Bonchev–Trinajstić information content (AvgIpc) is 2.12. The summed E-state index contributed by atoms with van der Waals surface area (Å²) < 4.78 is 0. The van der Waals surface area contributed by atoms with Crippen molar-refractivity contribution in [3.63, 3.8) is 0 Å². The number of carboxylic acid groups (broad SMARTS) is 2. The maximum absolute atomic E-state index is 10.1. The zero-order valence-electron chi connectivity index (χ0n) is 9.66. The standard InChI is InChI=1S/2C5H8O3.Mn/c2*1-4(6)2-3-5(7)8;/h2*2-3H2,1H3,(H,7,8);/q;;+2/p-2. The molecule has 0 atom stereocenters. The van der Waals surface area contributed by atoms with E-state index >= 15 is 0 Å². The summed E-state index contributed by atoms with van der Waals surface area (Å²) in [6.45, 7) is 2.70. The Balaban J connectivity index is -0.000000218. The first-order valence-corrected chi connectivity index (χ1v) is 4.64. The van der Waals surface area contributed by atoms with E-state index in [0.717, 1.165) is 0 Å². The first-order chi connectivity index (χ1) is 7.25. The molecule has 7 heteroatoms. The third kappa shape index (κ3) is 31.3. The molecule has 0 aliphatic rings. The third-order valence-electron chi connectivity index (χ3n) is 1.36. The molecule has 0 fully saturated rings. The smallest absolute Gasteiger partial charge is 0.550 e. The van der Waals surface area contributed by atoms with E-state index in [2.05, 4.69) is 0 Å². The number of carbonyl (C=O) groups is 4. The van der Waals surface area contributed by atoms with E-state index in [-0.39, 0.29) is 54.3 Å². The van der Waals surface area contributed by atoms with Gasteiger partial charge in [-0.25, -0.2) is 0 Å². The molecule has 0 aromatic rings. The van der Waals surface area contributed by atoms with Gasteiger partial charge in [-0.3, -0.25) is 0 Å². The maximum Gasteiger partial charge on any atom is 2.00 e. The summed E-state index contributed by atoms with van der Waals surface area (Å²) in [5.41, 5.74) is 0. The first-order valence-electron chi connectivity index (χ1n) is 4.64. The van der Waals surface area contributed by atoms with E-state index in [9.17, 15) is 29.4 Å². The number of rotatable bonds is 6. The summed E-state index contributed by atoms with van der Waals surface area (Å²) in [7, 11) is 0. The Morgan fingerprint density at radius 1 is 0.706 bits per heavy atom. The van der Waals surface area contributed by atoms with Gasteiger partial charge in [-0.1, -0.05) is 0 Å². The van der Waals surface area contributed by atoms with Crippen molar-refractivity contribution in [2.24, 2.45) is 0 Å². The SMILES string of the molecule is CC(=O)CCC(=O)[O-].CC(=O)CCC(=O)[O-].[Mn+2]. The molecule has 0 bridgehead atoms. The summed E-state index contributed by atoms with van der Waals surface area (Å²) in [5, 5.41) is 19.3. The number of aliphatic carboxylic acids is 2. The largest absolute Gasteiger partial charge is 2.00 e. The Bertz CT molecular complexity index is 218. The van der Waals surface area contributed by atoms with Gasteiger partial charge in [0.2, 0.25) is 0 Å². The Labute approximate surface area is 110 Å². The van der Waals surface area contributed by atoms with Gasteiger partial charge in [-0.05, 0) is 26.7 Å². The van der Waals surface area contributed by atoms with Gasteiger partial charge in [0.25, 0.3) is 0 Å². The number of ketones is 2. The van der Waals surface area contributed by atoms with Crippen molar-refractivity contribution in [2.45, 2.75) is 39.5 Å². The molecule has 0 N–H and O–H groups in total. The van der Waals surface area contributed by atoms with Gasteiger partial charge in [0.05, 0.1) is 0 Å². The first kappa shape index (κ1) is 21.1. The second-order valence-electron chi connectivity index (χ2n) is 3.15. The molecule has 17 heavy (non-hydrogen) atoms. The molecule has 0 aromatic carbocycles. The predicted molar refractivity (Wildman–Crippen MR) is 49.8 cm³/mol. The Morgan fingerprint density at radius 2 is 0.941 bits per heavy atom. The van der Waals surface area contributed by atoms with Crippen LogP contribution in [-0.2, 0) is 36.2 Å². The van der Waals surface area contributed by atoms with Crippen LogP contribution in [0, 0.1) is 0 Å². The van der Waals surface area contributed by atoms with Crippen molar-refractivity contribution in [1.29, 1.82) is 0 Å². The molecule has 0 aromatic heterocycles. The number of hydrogen-bond acceptors (Lipinski definition) is 6. The minimum Gasteiger partial charge on any atom is -0.550 e. The molecule has 0 heterocycles. The second kappa shape index (κ2) is 12.9. The van der Waals surface area contributed by atoms with Crippen LogP contribution in [0.5, 0.6) is 0 Å². The zero-order chi connectivity index (χ0) is 13.1. The van der Waals surface area contributed by atoms with Crippen LogP contribution in [0.1, 0.15) is 39.5 Å². The van der Waals surface area contributed by atoms with Crippen molar-refractivity contribution < 1.29 is 46.5 Å². The fourth-order valence-corrected chi connectivity index (χ4v) is 0.556. The van der Waals surface area contributed by atoms with Gasteiger partial charge in [0.1, 0.15) is 11.6 Å². The molecule has 0 saturated heterocycles. The summed E-state index contributed by atoms with van der Waals surface area (Å²) in [6, 6.07) is 0. The Morgan fingerprint density at radius 3 is 1.00 bits per heavy atom. The van der Waals surface area contributed by atoms with Crippen LogP contribution >= 0.6 is 0 Å². The molecular formula is C10H14MnO6. The van der Waals surface area contributed by atoms with Gasteiger partial charge >= 0.3 is 17.1 Å². The molecule has 97 valence electrons. The molecule has 0 rings (SSSR count). The molecule has 0 amide bonds. The van der Waals surface area contributed by atoms with E-state index in [1.807, 2.05) is 0 Å². The van der Waals surface area contributed by atoms with Crippen molar-refractivity contribution in [3.8, 4) is 0 Å². The Kier molecular flexibility index (Phi) is 16.0. The normalized spacial score (nSPS) is 8.12.